The van der Waals surface area contributed by atoms with Crippen molar-refractivity contribution in [2.75, 3.05) is 12.4 Å². The van der Waals surface area contributed by atoms with Gasteiger partial charge in [0.25, 0.3) is 5.91 Å². The first-order valence-electron chi connectivity index (χ1n) is 12.5. The summed E-state index contributed by atoms with van der Waals surface area (Å²) in [6.07, 6.45) is 4.11. The lowest BCUT2D eigenvalue weighted by atomic mass is 9.93. The summed E-state index contributed by atoms with van der Waals surface area (Å²) in [7, 11) is 1.58. The number of benzene rings is 2. The van der Waals surface area contributed by atoms with Crippen molar-refractivity contribution in [2.45, 2.75) is 64.2 Å². The predicted octanol–water partition coefficient (Wildman–Crippen LogP) is 4.08. The van der Waals surface area contributed by atoms with Crippen molar-refractivity contribution < 1.29 is 19.1 Å². The van der Waals surface area contributed by atoms with E-state index in [1.165, 1.54) is 6.92 Å². The van der Waals surface area contributed by atoms with Gasteiger partial charge in [-0.25, -0.2) is 0 Å². The normalized spacial score (nSPS) is 19.9. The molecule has 2 heterocycles. The number of rotatable bonds is 6. The highest BCUT2D eigenvalue weighted by Gasteiger charge is 2.49. The molecule has 8 heteroatoms. The van der Waals surface area contributed by atoms with Crippen LogP contribution in [0.15, 0.2) is 48.5 Å². The maximum absolute atomic E-state index is 14.2. The second-order valence-electron chi connectivity index (χ2n) is 9.98. The van der Waals surface area contributed by atoms with Crippen LogP contribution in [0.2, 0.25) is 0 Å². The predicted molar refractivity (Wildman–Crippen MR) is 138 cm³/mol. The number of ether oxygens (including phenoxy) is 1. The van der Waals surface area contributed by atoms with E-state index in [-0.39, 0.29) is 36.9 Å². The number of hydrogen-bond donors (Lipinski definition) is 2. The molecule has 2 aliphatic rings. The second kappa shape index (κ2) is 9.33. The summed E-state index contributed by atoms with van der Waals surface area (Å²) in [5, 5.41) is 6.80. The number of aromatic nitrogens is 1. The Bertz CT molecular complexity index is 1330. The third-order valence-electron chi connectivity index (χ3n) is 7.44. The Hall–Kier alpha value is -3.81. The lowest BCUT2D eigenvalue weighted by molar-refractivity contribution is -0.133. The van der Waals surface area contributed by atoms with Crippen LogP contribution >= 0.6 is 0 Å². The van der Waals surface area contributed by atoms with Gasteiger partial charge in [-0.15, -0.1) is 0 Å². The van der Waals surface area contributed by atoms with Crippen molar-refractivity contribution in [1.82, 2.24) is 14.8 Å². The van der Waals surface area contributed by atoms with E-state index in [9.17, 15) is 14.4 Å². The van der Waals surface area contributed by atoms with Crippen molar-refractivity contribution >= 4 is 34.3 Å². The lowest BCUT2D eigenvalue weighted by Gasteiger charge is -2.44. The van der Waals surface area contributed by atoms with Crippen molar-refractivity contribution in [2.24, 2.45) is 0 Å². The van der Waals surface area contributed by atoms with Gasteiger partial charge in [0, 0.05) is 24.9 Å². The molecule has 2 aromatic carbocycles. The molecule has 188 valence electrons. The van der Waals surface area contributed by atoms with E-state index in [0.29, 0.717) is 22.5 Å². The summed E-state index contributed by atoms with van der Waals surface area (Å²) in [5.74, 6) is -0.107. The van der Waals surface area contributed by atoms with Crippen molar-refractivity contribution in [1.29, 1.82) is 0 Å². The summed E-state index contributed by atoms with van der Waals surface area (Å²) in [4.78, 5) is 41.9. The van der Waals surface area contributed by atoms with E-state index in [4.69, 9.17) is 4.74 Å². The number of carbonyl (C=O) groups excluding carboxylic acids is 3. The van der Waals surface area contributed by atoms with Crippen molar-refractivity contribution in [3.8, 4) is 5.75 Å². The summed E-state index contributed by atoms with van der Waals surface area (Å²) < 4.78 is 7.29. The van der Waals surface area contributed by atoms with E-state index >= 15 is 0 Å². The minimum absolute atomic E-state index is 0.130. The van der Waals surface area contributed by atoms with Crippen LogP contribution in [-0.4, -0.2) is 45.9 Å². The first-order chi connectivity index (χ1) is 17.3. The van der Waals surface area contributed by atoms with Crippen LogP contribution in [0.3, 0.4) is 0 Å². The van der Waals surface area contributed by atoms with Crippen LogP contribution in [0, 0.1) is 0 Å². The number of methoxy groups -OCH3 is 1. The SMILES string of the molecule is COc1ccc2c(c1)c(NC(C)=O)c1n2C[C@](C)(C(=O)NC2CCCC2)N(Cc2ccccc2)C1=O. The number of nitrogens with zero attached hydrogens (tertiary/aromatic N) is 2. The van der Waals surface area contributed by atoms with Gasteiger partial charge in [-0.05, 0) is 43.5 Å². The van der Waals surface area contributed by atoms with Gasteiger partial charge in [0.15, 0.2) is 0 Å². The van der Waals surface area contributed by atoms with Crippen LogP contribution in [0.5, 0.6) is 5.75 Å². The quantitative estimate of drug-likeness (QED) is 0.547. The Morgan fingerprint density at radius 2 is 1.83 bits per heavy atom. The summed E-state index contributed by atoms with van der Waals surface area (Å²) >= 11 is 0. The number of hydrogen-bond acceptors (Lipinski definition) is 4. The minimum atomic E-state index is -1.12. The van der Waals surface area contributed by atoms with Crippen LogP contribution in [0.4, 0.5) is 5.69 Å². The maximum atomic E-state index is 14.2. The first-order valence-corrected chi connectivity index (χ1v) is 12.5. The molecule has 1 aromatic heterocycles. The molecule has 0 saturated heterocycles. The molecular weight excluding hydrogens is 456 g/mol. The first kappa shape index (κ1) is 23.9. The zero-order valence-electron chi connectivity index (χ0n) is 21.0. The summed E-state index contributed by atoms with van der Waals surface area (Å²) in [5.41, 5.74) is 1.38. The highest BCUT2D eigenvalue weighted by molar-refractivity contribution is 6.14. The van der Waals surface area contributed by atoms with E-state index in [1.54, 1.807) is 12.0 Å². The minimum Gasteiger partial charge on any atom is -0.497 e. The van der Waals surface area contributed by atoms with Gasteiger partial charge in [0.2, 0.25) is 11.8 Å². The van der Waals surface area contributed by atoms with E-state index < -0.39 is 5.54 Å². The smallest absolute Gasteiger partial charge is 0.273 e. The molecule has 1 aliphatic carbocycles. The number of fused-ring (bicyclic) bond motifs is 3. The van der Waals surface area contributed by atoms with Gasteiger partial charge in [0.1, 0.15) is 17.0 Å². The van der Waals surface area contributed by atoms with Gasteiger partial charge in [-0.3, -0.25) is 14.4 Å². The van der Waals surface area contributed by atoms with Crippen LogP contribution in [-0.2, 0) is 22.7 Å². The molecule has 0 unspecified atom stereocenters. The lowest BCUT2D eigenvalue weighted by Crippen LogP contribution is -2.64. The number of carbonyl (C=O) groups is 3. The average molecular weight is 489 g/mol. The Morgan fingerprint density at radius 1 is 1.11 bits per heavy atom. The topological polar surface area (TPSA) is 92.7 Å². The molecule has 5 rings (SSSR count). The standard InChI is InChI=1S/C28H32N4O4/c1-18(33)29-24-22-15-21(36-3)13-14-23(22)31-17-28(2,27(35)30-20-11-7-8-12-20)32(26(34)25(24)31)16-19-9-5-4-6-10-19/h4-6,9-10,13-15,20H,7-8,11-12,16-17H2,1-3H3,(H,29,33)(H,30,35)/t28-/m1/s1. The molecule has 3 aromatic rings. The van der Waals surface area contributed by atoms with Crippen molar-refractivity contribution in [3.63, 3.8) is 0 Å². The molecule has 1 fully saturated rings. The maximum Gasteiger partial charge on any atom is 0.273 e. The second-order valence-corrected chi connectivity index (χ2v) is 9.98. The zero-order valence-corrected chi connectivity index (χ0v) is 21.0. The van der Waals surface area contributed by atoms with Crippen molar-refractivity contribution in [3.05, 3.63) is 59.8 Å². The Morgan fingerprint density at radius 3 is 2.50 bits per heavy atom. The fourth-order valence-corrected chi connectivity index (χ4v) is 5.51. The Kier molecular flexibility index (Phi) is 6.20. The van der Waals surface area contributed by atoms with Crippen LogP contribution < -0.4 is 15.4 Å². The highest BCUT2D eigenvalue weighted by atomic mass is 16.5. The van der Waals surface area contributed by atoms with Crippen LogP contribution in [0.1, 0.15) is 55.6 Å². The van der Waals surface area contributed by atoms with Gasteiger partial charge in [0.05, 0.1) is 24.9 Å². The molecular formula is C28H32N4O4. The third kappa shape index (κ3) is 4.10. The molecule has 1 atom stereocenters. The zero-order chi connectivity index (χ0) is 25.4. The molecule has 0 spiro atoms. The van der Waals surface area contributed by atoms with Gasteiger partial charge >= 0.3 is 0 Å². The van der Waals surface area contributed by atoms with Gasteiger partial charge in [-0.1, -0.05) is 43.2 Å². The molecule has 1 saturated carbocycles. The Labute approximate surface area is 210 Å². The molecule has 1 aliphatic heterocycles. The molecule has 36 heavy (non-hydrogen) atoms. The van der Waals surface area contributed by atoms with Gasteiger partial charge in [-0.2, -0.15) is 0 Å². The fourth-order valence-electron chi connectivity index (χ4n) is 5.51. The van der Waals surface area contributed by atoms with E-state index in [2.05, 4.69) is 10.6 Å². The number of anilines is 1. The number of nitrogens with one attached hydrogen (secondary N) is 2. The highest BCUT2D eigenvalue weighted by Crippen LogP contribution is 2.40. The van der Waals surface area contributed by atoms with E-state index in [1.807, 2.05) is 60.0 Å². The monoisotopic (exact) mass is 488 g/mol. The molecule has 3 amide bonds. The van der Waals surface area contributed by atoms with Gasteiger partial charge < -0.3 is 24.8 Å². The summed E-state index contributed by atoms with van der Waals surface area (Å²) in [6.45, 7) is 3.80. The number of amides is 3. The molecule has 0 radical (unpaired) electrons. The average Bonchev–Trinajstić information content (AvgIpc) is 3.48. The van der Waals surface area contributed by atoms with E-state index in [0.717, 1.165) is 36.8 Å². The summed E-state index contributed by atoms with van der Waals surface area (Å²) in [6, 6.07) is 15.3. The third-order valence-corrected chi connectivity index (χ3v) is 7.44. The largest absolute Gasteiger partial charge is 0.497 e. The molecule has 8 nitrogen and oxygen atoms in total. The fraction of sp³-hybridized carbons (Fsp3) is 0.393. The Balaban J connectivity index is 1.66. The molecule has 2 N–H and O–H groups in total. The molecule has 0 bridgehead atoms. The van der Waals surface area contributed by atoms with Crippen LogP contribution in [0.25, 0.3) is 10.9 Å².